The predicted octanol–water partition coefficient (Wildman–Crippen LogP) is 1.61. The molecule has 0 spiro atoms. The van der Waals surface area contributed by atoms with Crippen LogP contribution in [0.25, 0.3) is 0 Å². The van der Waals surface area contributed by atoms with Crippen molar-refractivity contribution in [2.75, 3.05) is 0 Å². The van der Waals surface area contributed by atoms with Crippen LogP contribution < -0.4 is 11.3 Å². The first-order valence-corrected chi connectivity index (χ1v) is 5.80. The van der Waals surface area contributed by atoms with Crippen molar-refractivity contribution in [3.8, 4) is 0 Å². The highest BCUT2D eigenvalue weighted by molar-refractivity contribution is 5.30. The van der Waals surface area contributed by atoms with Gasteiger partial charge in [0.15, 0.2) is 0 Å². The summed E-state index contributed by atoms with van der Waals surface area (Å²) in [5.74, 6) is 5.37. The molecule has 0 radical (unpaired) electrons. The Morgan fingerprint density at radius 3 is 2.83 bits per heavy atom. The van der Waals surface area contributed by atoms with E-state index in [2.05, 4.69) is 10.5 Å². The highest BCUT2D eigenvalue weighted by Gasteiger charge is 2.14. The predicted molar refractivity (Wildman–Crippen MR) is 68.1 cm³/mol. The molecular formula is C13H17FN4. The summed E-state index contributed by atoms with van der Waals surface area (Å²) in [5.41, 5.74) is 5.76. The number of aromatic nitrogens is 2. The Hall–Kier alpha value is -1.72. The van der Waals surface area contributed by atoms with Crippen LogP contribution in [0.15, 0.2) is 30.6 Å². The fraction of sp³-hybridized carbons (Fsp3) is 0.308. The number of hydrogen-bond donors (Lipinski definition) is 2. The van der Waals surface area contributed by atoms with Crippen molar-refractivity contribution in [1.82, 2.24) is 15.2 Å². The van der Waals surface area contributed by atoms with Gasteiger partial charge in [-0.3, -0.25) is 16.0 Å². The van der Waals surface area contributed by atoms with E-state index < -0.39 is 0 Å². The van der Waals surface area contributed by atoms with E-state index in [0.717, 1.165) is 23.1 Å². The van der Waals surface area contributed by atoms with Gasteiger partial charge in [0.1, 0.15) is 5.82 Å². The van der Waals surface area contributed by atoms with Gasteiger partial charge in [-0.25, -0.2) is 4.39 Å². The monoisotopic (exact) mass is 248 g/mol. The third kappa shape index (κ3) is 2.75. The second kappa shape index (κ2) is 5.29. The van der Waals surface area contributed by atoms with Gasteiger partial charge in [0.2, 0.25) is 0 Å². The zero-order valence-corrected chi connectivity index (χ0v) is 10.5. The molecule has 0 aliphatic heterocycles. The van der Waals surface area contributed by atoms with Crippen LogP contribution >= 0.6 is 0 Å². The van der Waals surface area contributed by atoms with Crippen LogP contribution in [0.1, 0.15) is 22.7 Å². The molecule has 1 aromatic carbocycles. The average molecular weight is 248 g/mol. The molecule has 0 amide bonds. The van der Waals surface area contributed by atoms with Gasteiger partial charge >= 0.3 is 0 Å². The molecule has 0 bridgehead atoms. The molecule has 0 aliphatic carbocycles. The SMILES string of the molecule is Cc1cc(F)ccc1C(Cc1cnn(C)c1)NN. The van der Waals surface area contributed by atoms with Crippen LogP contribution in [0.2, 0.25) is 0 Å². The molecule has 1 atom stereocenters. The molecule has 2 aromatic rings. The maximum absolute atomic E-state index is 13.1. The highest BCUT2D eigenvalue weighted by atomic mass is 19.1. The van der Waals surface area contributed by atoms with Crippen LogP contribution in [0.3, 0.4) is 0 Å². The van der Waals surface area contributed by atoms with Gasteiger partial charge in [-0.05, 0) is 42.2 Å². The number of nitrogens with two attached hydrogens (primary N) is 1. The lowest BCUT2D eigenvalue weighted by atomic mass is 9.97. The van der Waals surface area contributed by atoms with Gasteiger partial charge < -0.3 is 0 Å². The first kappa shape index (κ1) is 12.7. The molecular weight excluding hydrogens is 231 g/mol. The lowest BCUT2D eigenvalue weighted by Gasteiger charge is -2.17. The van der Waals surface area contributed by atoms with Gasteiger partial charge in [0.25, 0.3) is 0 Å². The summed E-state index contributed by atoms with van der Waals surface area (Å²) in [7, 11) is 1.87. The standard InChI is InChI=1S/C13H17FN4/c1-9-5-11(14)3-4-12(9)13(17-15)6-10-7-16-18(2)8-10/h3-5,7-8,13,17H,6,15H2,1-2H3. The molecule has 3 N–H and O–H groups in total. The largest absolute Gasteiger partial charge is 0.276 e. The number of nitrogens with one attached hydrogen (secondary N) is 1. The number of hydrogen-bond acceptors (Lipinski definition) is 3. The Kier molecular flexibility index (Phi) is 3.74. The maximum Gasteiger partial charge on any atom is 0.123 e. The second-order valence-electron chi connectivity index (χ2n) is 4.45. The van der Waals surface area contributed by atoms with E-state index in [1.54, 1.807) is 10.7 Å². The topological polar surface area (TPSA) is 55.9 Å². The number of hydrazine groups is 1. The van der Waals surface area contributed by atoms with Crippen LogP contribution in [0.5, 0.6) is 0 Å². The van der Waals surface area contributed by atoms with Gasteiger partial charge in [0.05, 0.1) is 12.2 Å². The molecule has 0 saturated heterocycles. The third-order valence-electron chi connectivity index (χ3n) is 3.01. The summed E-state index contributed by atoms with van der Waals surface area (Å²) in [6.07, 6.45) is 4.48. The lowest BCUT2D eigenvalue weighted by Crippen LogP contribution is -2.30. The molecule has 5 heteroatoms. The van der Waals surface area contributed by atoms with Crippen molar-refractivity contribution in [3.05, 3.63) is 53.1 Å². The minimum Gasteiger partial charge on any atom is -0.276 e. The van der Waals surface area contributed by atoms with Gasteiger partial charge in [0, 0.05) is 13.2 Å². The molecule has 4 nitrogen and oxygen atoms in total. The molecule has 18 heavy (non-hydrogen) atoms. The Morgan fingerprint density at radius 1 is 1.50 bits per heavy atom. The van der Waals surface area contributed by atoms with Crippen LogP contribution in [-0.4, -0.2) is 9.78 Å². The Balaban J connectivity index is 2.22. The van der Waals surface area contributed by atoms with Crippen molar-refractivity contribution in [1.29, 1.82) is 0 Å². The summed E-state index contributed by atoms with van der Waals surface area (Å²) in [4.78, 5) is 0. The molecule has 96 valence electrons. The van der Waals surface area contributed by atoms with Crippen molar-refractivity contribution in [2.24, 2.45) is 12.9 Å². The van der Waals surface area contributed by atoms with Gasteiger partial charge in [-0.2, -0.15) is 5.10 Å². The van der Waals surface area contributed by atoms with E-state index in [1.807, 2.05) is 26.4 Å². The Labute approximate surface area is 106 Å². The first-order chi connectivity index (χ1) is 8.60. The van der Waals surface area contributed by atoms with E-state index in [9.17, 15) is 4.39 Å². The summed E-state index contributed by atoms with van der Waals surface area (Å²) < 4.78 is 14.8. The van der Waals surface area contributed by atoms with Crippen LogP contribution in [0.4, 0.5) is 4.39 Å². The number of aryl methyl sites for hydroxylation is 2. The maximum atomic E-state index is 13.1. The third-order valence-corrected chi connectivity index (χ3v) is 3.01. The van der Waals surface area contributed by atoms with Crippen molar-refractivity contribution >= 4 is 0 Å². The normalized spacial score (nSPS) is 12.7. The fourth-order valence-electron chi connectivity index (χ4n) is 2.10. The number of nitrogens with zero attached hydrogens (tertiary/aromatic N) is 2. The minimum absolute atomic E-state index is 0.0465. The highest BCUT2D eigenvalue weighted by Crippen LogP contribution is 2.21. The summed E-state index contributed by atoms with van der Waals surface area (Å²) in [6.45, 7) is 1.88. The van der Waals surface area contributed by atoms with Crippen LogP contribution in [0, 0.1) is 12.7 Å². The zero-order valence-electron chi connectivity index (χ0n) is 10.5. The van der Waals surface area contributed by atoms with Crippen molar-refractivity contribution in [3.63, 3.8) is 0 Å². The fourth-order valence-corrected chi connectivity index (χ4v) is 2.10. The van der Waals surface area contributed by atoms with Crippen molar-refractivity contribution in [2.45, 2.75) is 19.4 Å². The van der Waals surface area contributed by atoms with E-state index in [1.165, 1.54) is 12.1 Å². The quantitative estimate of drug-likeness (QED) is 0.638. The average Bonchev–Trinajstić information content (AvgIpc) is 2.72. The number of benzene rings is 1. The summed E-state index contributed by atoms with van der Waals surface area (Å²) in [6, 6.07) is 4.69. The molecule has 0 saturated carbocycles. The van der Waals surface area contributed by atoms with E-state index in [0.29, 0.717) is 0 Å². The molecule has 1 unspecified atom stereocenters. The van der Waals surface area contributed by atoms with E-state index in [4.69, 9.17) is 5.84 Å². The zero-order chi connectivity index (χ0) is 13.1. The summed E-state index contributed by atoms with van der Waals surface area (Å²) >= 11 is 0. The molecule has 1 heterocycles. The van der Waals surface area contributed by atoms with Gasteiger partial charge in [-0.15, -0.1) is 0 Å². The molecule has 2 rings (SSSR count). The minimum atomic E-state index is -0.228. The lowest BCUT2D eigenvalue weighted by molar-refractivity contribution is 0.546. The summed E-state index contributed by atoms with van der Waals surface area (Å²) in [5, 5.41) is 4.12. The van der Waals surface area contributed by atoms with Crippen molar-refractivity contribution < 1.29 is 4.39 Å². The van der Waals surface area contributed by atoms with Crippen LogP contribution in [-0.2, 0) is 13.5 Å². The first-order valence-electron chi connectivity index (χ1n) is 5.80. The number of halogens is 1. The van der Waals surface area contributed by atoms with E-state index >= 15 is 0 Å². The molecule has 0 aliphatic rings. The smallest absolute Gasteiger partial charge is 0.123 e. The molecule has 1 aromatic heterocycles. The Morgan fingerprint density at radius 2 is 2.28 bits per heavy atom. The second-order valence-corrected chi connectivity index (χ2v) is 4.45. The Bertz CT molecular complexity index is 536. The van der Waals surface area contributed by atoms with E-state index in [-0.39, 0.29) is 11.9 Å². The number of rotatable bonds is 4. The molecule has 0 fully saturated rings. The van der Waals surface area contributed by atoms with Gasteiger partial charge in [-0.1, -0.05) is 6.07 Å².